The third-order valence-electron chi connectivity index (χ3n) is 5.47. The summed E-state index contributed by atoms with van der Waals surface area (Å²) in [4.78, 5) is 29.0. The number of hydrogen-bond acceptors (Lipinski definition) is 7. The Bertz CT molecular complexity index is 1100. The summed E-state index contributed by atoms with van der Waals surface area (Å²) in [6.45, 7) is 3.78. The number of thioether (sulfide) groups is 1. The number of amidine groups is 1. The minimum absolute atomic E-state index is 0.0335. The third kappa shape index (κ3) is 2.98. The van der Waals surface area contributed by atoms with Crippen molar-refractivity contribution in [2.75, 3.05) is 44.3 Å². The first-order valence-corrected chi connectivity index (χ1v) is 10.4. The number of halogens is 1. The molecule has 1 aromatic heterocycles. The van der Waals surface area contributed by atoms with Crippen LogP contribution in [-0.4, -0.2) is 65.2 Å². The normalized spacial score (nSPS) is 19.0. The van der Waals surface area contributed by atoms with Crippen LogP contribution in [0.2, 0.25) is 0 Å². The minimum Gasteiger partial charge on any atom is -0.477 e. The third-order valence-corrected chi connectivity index (χ3v) is 6.59. The van der Waals surface area contributed by atoms with E-state index in [1.807, 2.05) is 4.90 Å². The standard InChI is InChI=1S/C19H19FN4O4S/c20-13-9-11-14-17(15(13)22-5-7-28-8-6-22)29-19(23-3-1-2-4-23)21-24(14)10-12(16(11)25)18(26)27/h9-10H,1-8H2,(H,26,27). The molecular formula is C19H19FN4O4S. The van der Waals surface area contributed by atoms with Crippen molar-refractivity contribution in [3.63, 3.8) is 0 Å². The first-order valence-electron chi connectivity index (χ1n) is 9.54. The Labute approximate surface area is 169 Å². The molecule has 0 atom stereocenters. The lowest BCUT2D eigenvalue weighted by Gasteiger charge is -2.33. The molecule has 0 unspecified atom stereocenters. The number of benzene rings is 1. The van der Waals surface area contributed by atoms with Gasteiger partial charge in [-0.1, -0.05) is 0 Å². The number of aromatic nitrogens is 1. The van der Waals surface area contributed by atoms with Gasteiger partial charge in [0.15, 0.2) is 5.17 Å². The lowest BCUT2D eigenvalue weighted by atomic mass is 10.1. The van der Waals surface area contributed by atoms with E-state index in [9.17, 15) is 14.7 Å². The molecule has 4 heterocycles. The van der Waals surface area contributed by atoms with Crippen molar-refractivity contribution in [1.29, 1.82) is 0 Å². The Morgan fingerprint density at radius 3 is 2.59 bits per heavy atom. The molecule has 5 rings (SSSR count). The van der Waals surface area contributed by atoms with E-state index in [4.69, 9.17) is 4.74 Å². The molecule has 1 N–H and O–H groups in total. The van der Waals surface area contributed by atoms with Crippen LogP contribution < -0.4 is 10.3 Å². The van der Waals surface area contributed by atoms with Crippen molar-refractivity contribution in [2.45, 2.75) is 17.7 Å². The van der Waals surface area contributed by atoms with Crippen molar-refractivity contribution in [3.05, 3.63) is 33.9 Å². The second-order valence-electron chi connectivity index (χ2n) is 7.23. The Kier molecular flexibility index (Phi) is 4.47. The van der Waals surface area contributed by atoms with Crippen molar-refractivity contribution in [3.8, 4) is 0 Å². The molecular weight excluding hydrogens is 399 g/mol. The number of carbonyl (C=O) groups is 1. The van der Waals surface area contributed by atoms with Gasteiger partial charge < -0.3 is 19.6 Å². The molecule has 1 aromatic carbocycles. The number of ether oxygens (including phenoxy) is 1. The summed E-state index contributed by atoms with van der Waals surface area (Å²) in [5.74, 6) is -1.88. The van der Waals surface area contributed by atoms with Crippen LogP contribution in [0.15, 0.2) is 27.1 Å². The molecule has 2 fully saturated rings. The molecule has 0 spiro atoms. The maximum Gasteiger partial charge on any atom is 0.341 e. The number of morpholine rings is 1. The number of hydrogen-bond donors (Lipinski definition) is 1. The first kappa shape index (κ1) is 18.4. The summed E-state index contributed by atoms with van der Waals surface area (Å²) in [5, 5.41) is 14.8. The number of pyridine rings is 1. The number of aromatic carboxylic acids is 1. The largest absolute Gasteiger partial charge is 0.477 e. The quantitative estimate of drug-likeness (QED) is 0.798. The number of rotatable bonds is 2. The summed E-state index contributed by atoms with van der Waals surface area (Å²) >= 11 is 1.35. The molecule has 0 amide bonds. The lowest BCUT2D eigenvalue weighted by Crippen LogP contribution is -2.38. The summed E-state index contributed by atoms with van der Waals surface area (Å²) in [6, 6.07) is 1.14. The lowest BCUT2D eigenvalue weighted by molar-refractivity contribution is 0.0695. The highest BCUT2D eigenvalue weighted by Gasteiger charge is 2.31. The molecule has 0 aliphatic carbocycles. The van der Waals surface area contributed by atoms with Gasteiger partial charge in [-0.2, -0.15) is 0 Å². The van der Waals surface area contributed by atoms with Crippen LogP contribution in [0.5, 0.6) is 0 Å². The Hall–Kier alpha value is -2.59. The van der Waals surface area contributed by atoms with E-state index in [0.717, 1.165) is 32.0 Å². The molecule has 0 saturated carbocycles. The molecule has 0 bridgehead atoms. The van der Waals surface area contributed by atoms with E-state index in [1.165, 1.54) is 22.6 Å². The summed E-state index contributed by atoms with van der Waals surface area (Å²) < 4.78 is 22.1. The molecule has 3 aliphatic heterocycles. The number of likely N-dealkylation sites (tertiary alicyclic amines) is 1. The molecule has 152 valence electrons. The minimum atomic E-state index is -1.35. The summed E-state index contributed by atoms with van der Waals surface area (Å²) in [6.07, 6.45) is 3.34. The second kappa shape index (κ2) is 7.03. The molecule has 29 heavy (non-hydrogen) atoms. The Balaban J connectivity index is 1.78. The van der Waals surface area contributed by atoms with E-state index >= 15 is 4.39 Å². The van der Waals surface area contributed by atoms with Gasteiger partial charge in [0.2, 0.25) is 5.43 Å². The summed E-state index contributed by atoms with van der Waals surface area (Å²) in [7, 11) is 0. The number of carboxylic acid groups (broad SMARTS) is 1. The highest BCUT2D eigenvalue weighted by molar-refractivity contribution is 8.14. The van der Waals surface area contributed by atoms with Gasteiger partial charge in [-0.3, -0.25) is 4.79 Å². The highest BCUT2D eigenvalue weighted by atomic mass is 32.2. The maximum atomic E-state index is 15.3. The van der Waals surface area contributed by atoms with E-state index in [-0.39, 0.29) is 5.39 Å². The van der Waals surface area contributed by atoms with Gasteiger partial charge in [-0.05, 0) is 30.7 Å². The predicted molar refractivity (Wildman–Crippen MR) is 108 cm³/mol. The van der Waals surface area contributed by atoms with E-state index in [2.05, 4.69) is 10.0 Å². The number of nitrogens with zero attached hydrogens (tertiary/aromatic N) is 4. The van der Waals surface area contributed by atoms with E-state index < -0.39 is 22.8 Å². The highest BCUT2D eigenvalue weighted by Crippen LogP contribution is 2.42. The SMILES string of the molecule is O=C(O)c1cn2c3c(c(N4CCOCC4)c(F)cc3c1=O)SC(N1CCCC1)=N2. The fourth-order valence-electron chi connectivity index (χ4n) is 4.05. The Morgan fingerprint density at radius 2 is 1.90 bits per heavy atom. The monoisotopic (exact) mass is 418 g/mol. The average Bonchev–Trinajstić information content (AvgIpc) is 3.25. The van der Waals surface area contributed by atoms with Gasteiger partial charge in [-0.15, -0.1) is 5.10 Å². The zero-order valence-corrected chi connectivity index (χ0v) is 16.4. The van der Waals surface area contributed by atoms with Crippen LogP contribution >= 0.6 is 11.8 Å². The van der Waals surface area contributed by atoms with Crippen LogP contribution in [-0.2, 0) is 4.74 Å². The maximum absolute atomic E-state index is 15.3. The predicted octanol–water partition coefficient (Wildman–Crippen LogP) is 2.00. The molecule has 8 nitrogen and oxygen atoms in total. The molecule has 10 heteroatoms. The fraction of sp³-hybridized carbons (Fsp3) is 0.421. The summed E-state index contributed by atoms with van der Waals surface area (Å²) in [5.41, 5.74) is -0.235. The number of anilines is 1. The van der Waals surface area contributed by atoms with Gasteiger partial charge in [0, 0.05) is 32.4 Å². The van der Waals surface area contributed by atoms with Gasteiger partial charge in [0.1, 0.15) is 11.4 Å². The van der Waals surface area contributed by atoms with Gasteiger partial charge in [0.25, 0.3) is 0 Å². The van der Waals surface area contributed by atoms with E-state index in [1.54, 1.807) is 0 Å². The van der Waals surface area contributed by atoms with Crippen LogP contribution in [0, 0.1) is 5.82 Å². The molecule has 3 aliphatic rings. The van der Waals surface area contributed by atoms with Crippen LogP contribution in [0.3, 0.4) is 0 Å². The van der Waals surface area contributed by atoms with E-state index in [0.29, 0.717) is 47.6 Å². The number of carboxylic acids is 1. The van der Waals surface area contributed by atoms with Gasteiger partial charge >= 0.3 is 5.97 Å². The average molecular weight is 418 g/mol. The molecule has 0 radical (unpaired) electrons. The van der Waals surface area contributed by atoms with Gasteiger partial charge in [0.05, 0.1) is 34.7 Å². The van der Waals surface area contributed by atoms with Crippen LogP contribution in [0.1, 0.15) is 23.2 Å². The van der Waals surface area contributed by atoms with Crippen LogP contribution in [0.25, 0.3) is 10.9 Å². The van der Waals surface area contributed by atoms with Crippen molar-refractivity contribution < 1.29 is 19.0 Å². The Morgan fingerprint density at radius 1 is 1.17 bits per heavy atom. The van der Waals surface area contributed by atoms with Gasteiger partial charge in [-0.25, -0.2) is 13.9 Å². The topological polar surface area (TPSA) is 87.4 Å². The van der Waals surface area contributed by atoms with Crippen LogP contribution in [0.4, 0.5) is 10.1 Å². The van der Waals surface area contributed by atoms with Crippen molar-refractivity contribution in [2.24, 2.45) is 5.10 Å². The zero-order valence-electron chi connectivity index (χ0n) is 15.6. The first-order chi connectivity index (χ1) is 14.0. The second-order valence-corrected chi connectivity index (χ2v) is 8.21. The van der Waals surface area contributed by atoms with Crippen molar-refractivity contribution in [1.82, 2.24) is 9.58 Å². The molecule has 2 aromatic rings. The van der Waals surface area contributed by atoms with Crippen molar-refractivity contribution >= 4 is 39.5 Å². The zero-order chi connectivity index (χ0) is 20.1. The fourth-order valence-corrected chi connectivity index (χ4v) is 5.29. The smallest absolute Gasteiger partial charge is 0.341 e. The molecule has 2 saturated heterocycles.